The van der Waals surface area contributed by atoms with Gasteiger partial charge in [-0.15, -0.1) is 0 Å². The fraction of sp³-hybridized carbons (Fsp3) is 0.409. The minimum Gasteiger partial charge on any atom is -0.445 e. The van der Waals surface area contributed by atoms with E-state index < -0.39 is 6.09 Å². The minimum atomic E-state index is -0.437. The van der Waals surface area contributed by atoms with E-state index in [1.54, 1.807) is 18.2 Å². The standard InChI is InChI=1S/C22H23Cl2NO2/c23-17-6-7-19(18(24)14-17)25-21(26)27-20-10-13-22(20)11-8-16(9-12-22)15-4-2-1-3-5-15/h1-7,14,16,20H,8-13H2,(H,25,26). The largest absolute Gasteiger partial charge is 0.445 e. The molecule has 1 N–H and O–H groups in total. The number of carbonyl (C=O) groups is 1. The van der Waals surface area contributed by atoms with E-state index in [0.29, 0.717) is 21.7 Å². The SMILES string of the molecule is O=C(Nc1ccc(Cl)cc1Cl)OC1CCC12CCC(c1ccccc1)CC2. The first kappa shape index (κ1) is 18.6. The zero-order valence-electron chi connectivity index (χ0n) is 15.1. The summed E-state index contributed by atoms with van der Waals surface area (Å²) in [6, 6.07) is 15.7. The number of ether oxygens (including phenoxy) is 1. The zero-order chi connectivity index (χ0) is 18.9. The van der Waals surface area contributed by atoms with Gasteiger partial charge in [-0.25, -0.2) is 4.79 Å². The molecule has 1 spiro atoms. The first-order valence-electron chi connectivity index (χ1n) is 9.53. The number of anilines is 1. The van der Waals surface area contributed by atoms with Crippen LogP contribution in [-0.2, 0) is 4.74 Å². The molecule has 4 rings (SSSR count). The summed E-state index contributed by atoms with van der Waals surface area (Å²) in [5, 5.41) is 3.68. The monoisotopic (exact) mass is 403 g/mol. The average Bonchev–Trinajstić information content (AvgIpc) is 2.68. The molecule has 3 nitrogen and oxygen atoms in total. The van der Waals surface area contributed by atoms with Crippen LogP contribution in [0.15, 0.2) is 48.5 Å². The number of hydrogen-bond donors (Lipinski definition) is 1. The fourth-order valence-corrected chi connectivity index (χ4v) is 4.99. The predicted octanol–water partition coefficient (Wildman–Crippen LogP) is 7.05. The minimum absolute atomic E-state index is 0.000277. The summed E-state index contributed by atoms with van der Waals surface area (Å²) in [6.07, 6.45) is 6.21. The third-order valence-corrected chi connectivity index (χ3v) is 6.80. The molecular weight excluding hydrogens is 381 g/mol. The third kappa shape index (κ3) is 3.95. The molecule has 0 aliphatic heterocycles. The lowest BCUT2D eigenvalue weighted by molar-refractivity contribution is -0.0915. The predicted molar refractivity (Wildman–Crippen MR) is 110 cm³/mol. The Balaban J connectivity index is 1.33. The van der Waals surface area contributed by atoms with E-state index in [1.165, 1.54) is 5.56 Å². The molecular formula is C22H23Cl2NO2. The Labute approximate surface area is 170 Å². The maximum absolute atomic E-state index is 12.3. The van der Waals surface area contributed by atoms with E-state index in [9.17, 15) is 4.79 Å². The fourth-order valence-electron chi connectivity index (χ4n) is 4.54. The summed E-state index contributed by atoms with van der Waals surface area (Å²) in [7, 11) is 0. The molecule has 1 amide bonds. The van der Waals surface area contributed by atoms with Crippen molar-refractivity contribution in [1.29, 1.82) is 0 Å². The number of halogens is 2. The van der Waals surface area contributed by atoms with E-state index in [2.05, 4.69) is 35.6 Å². The molecule has 1 unspecified atom stereocenters. The van der Waals surface area contributed by atoms with E-state index in [-0.39, 0.29) is 11.5 Å². The number of rotatable bonds is 3. The van der Waals surface area contributed by atoms with E-state index in [1.807, 2.05) is 0 Å². The van der Waals surface area contributed by atoms with E-state index >= 15 is 0 Å². The second-order valence-corrected chi connectivity index (χ2v) is 8.57. The van der Waals surface area contributed by atoms with Gasteiger partial charge < -0.3 is 4.74 Å². The molecule has 0 aromatic heterocycles. The number of carbonyl (C=O) groups excluding carboxylic acids is 1. The summed E-state index contributed by atoms with van der Waals surface area (Å²) in [4.78, 5) is 12.3. The lowest BCUT2D eigenvalue weighted by Gasteiger charge is -2.52. The molecule has 2 aromatic carbocycles. The summed E-state index contributed by atoms with van der Waals surface area (Å²) in [6.45, 7) is 0. The van der Waals surface area contributed by atoms with Crippen molar-refractivity contribution in [2.45, 2.75) is 50.5 Å². The van der Waals surface area contributed by atoms with Crippen molar-refractivity contribution in [3.8, 4) is 0 Å². The van der Waals surface area contributed by atoms with Gasteiger partial charge in [0.2, 0.25) is 0 Å². The van der Waals surface area contributed by atoms with E-state index in [4.69, 9.17) is 27.9 Å². The molecule has 2 fully saturated rings. The Morgan fingerprint density at radius 3 is 2.33 bits per heavy atom. The summed E-state index contributed by atoms with van der Waals surface area (Å²) in [5.41, 5.74) is 2.11. The van der Waals surface area contributed by atoms with Crippen molar-refractivity contribution >= 4 is 35.0 Å². The van der Waals surface area contributed by atoms with Crippen molar-refractivity contribution < 1.29 is 9.53 Å². The highest BCUT2D eigenvalue weighted by atomic mass is 35.5. The van der Waals surface area contributed by atoms with Gasteiger partial charge in [-0.05, 0) is 68.2 Å². The van der Waals surface area contributed by atoms with Crippen LogP contribution < -0.4 is 5.32 Å². The molecule has 0 heterocycles. The molecule has 0 bridgehead atoms. The van der Waals surface area contributed by atoms with Crippen LogP contribution in [0.25, 0.3) is 0 Å². The maximum atomic E-state index is 12.3. The highest BCUT2D eigenvalue weighted by molar-refractivity contribution is 6.36. The number of amides is 1. The highest BCUT2D eigenvalue weighted by Gasteiger charge is 2.50. The van der Waals surface area contributed by atoms with Crippen LogP contribution in [0.1, 0.15) is 50.0 Å². The average molecular weight is 404 g/mol. The smallest absolute Gasteiger partial charge is 0.411 e. The Kier molecular flexibility index (Phi) is 5.34. The first-order valence-corrected chi connectivity index (χ1v) is 10.3. The van der Waals surface area contributed by atoms with Gasteiger partial charge in [0.15, 0.2) is 0 Å². The quantitative estimate of drug-likeness (QED) is 0.595. The highest BCUT2D eigenvalue weighted by Crippen LogP contribution is 2.55. The Morgan fingerprint density at radius 2 is 1.70 bits per heavy atom. The summed E-state index contributed by atoms with van der Waals surface area (Å²) < 4.78 is 5.77. The summed E-state index contributed by atoms with van der Waals surface area (Å²) >= 11 is 12.0. The van der Waals surface area contributed by atoms with Crippen LogP contribution in [0, 0.1) is 5.41 Å². The summed E-state index contributed by atoms with van der Waals surface area (Å²) in [5.74, 6) is 0.625. The Morgan fingerprint density at radius 1 is 1.00 bits per heavy atom. The molecule has 2 aliphatic carbocycles. The van der Waals surface area contributed by atoms with Crippen molar-refractivity contribution in [2.24, 2.45) is 5.41 Å². The van der Waals surface area contributed by atoms with Gasteiger partial charge in [0.25, 0.3) is 0 Å². The Bertz CT molecular complexity index is 816. The molecule has 2 aromatic rings. The molecule has 27 heavy (non-hydrogen) atoms. The zero-order valence-corrected chi connectivity index (χ0v) is 16.6. The van der Waals surface area contributed by atoms with Crippen LogP contribution >= 0.6 is 23.2 Å². The first-order chi connectivity index (χ1) is 13.1. The molecule has 0 radical (unpaired) electrons. The number of benzene rings is 2. The molecule has 5 heteroatoms. The molecule has 2 saturated carbocycles. The van der Waals surface area contributed by atoms with Crippen molar-refractivity contribution in [3.05, 3.63) is 64.1 Å². The van der Waals surface area contributed by atoms with Crippen molar-refractivity contribution in [1.82, 2.24) is 0 Å². The number of hydrogen-bond acceptors (Lipinski definition) is 2. The van der Waals surface area contributed by atoms with Gasteiger partial charge in [-0.3, -0.25) is 5.32 Å². The second-order valence-electron chi connectivity index (χ2n) is 7.73. The van der Waals surface area contributed by atoms with Crippen LogP contribution in [0.2, 0.25) is 10.0 Å². The lowest BCUT2D eigenvalue weighted by atomic mass is 9.56. The van der Waals surface area contributed by atoms with Gasteiger partial charge in [0.05, 0.1) is 10.7 Å². The second kappa shape index (κ2) is 7.73. The normalized spacial score (nSPS) is 27.0. The van der Waals surface area contributed by atoms with Crippen LogP contribution in [0.4, 0.5) is 10.5 Å². The number of nitrogens with one attached hydrogen (secondary N) is 1. The Hall–Kier alpha value is -1.71. The van der Waals surface area contributed by atoms with Crippen LogP contribution in [-0.4, -0.2) is 12.2 Å². The third-order valence-electron chi connectivity index (χ3n) is 6.26. The van der Waals surface area contributed by atoms with E-state index in [0.717, 1.165) is 38.5 Å². The van der Waals surface area contributed by atoms with Crippen molar-refractivity contribution in [2.75, 3.05) is 5.32 Å². The topological polar surface area (TPSA) is 38.3 Å². The van der Waals surface area contributed by atoms with Crippen LogP contribution in [0.5, 0.6) is 0 Å². The van der Waals surface area contributed by atoms with Gasteiger partial charge in [-0.2, -0.15) is 0 Å². The van der Waals surface area contributed by atoms with Gasteiger partial charge in [0.1, 0.15) is 6.10 Å². The van der Waals surface area contributed by atoms with Gasteiger partial charge in [0, 0.05) is 10.4 Å². The molecule has 1 atom stereocenters. The van der Waals surface area contributed by atoms with Gasteiger partial charge in [-0.1, -0.05) is 53.5 Å². The van der Waals surface area contributed by atoms with Gasteiger partial charge >= 0.3 is 6.09 Å². The van der Waals surface area contributed by atoms with Crippen LogP contribution in [0.3, 0.4) is 0 Å². The molecule has 2 aliphatic rings. The molecule has 142 valence electrons. The van der Waals surface area contributed by atoms with Crippen molar-refractivity contribution in [3.63, 3.8) is 0 Å². The maximum Gasteiger partial charge on any atom is 0.411 e. The lowest BCUT2D eigenvalue weighted by Crippen LogP contribution is -2.49. The molecule has 0 saturated heterocycles.